The minimum atomic E-state index is -3.72. The molecule has 0 radical (unpaired) electrons. The number of rotatable bonds is 5. The summed E-state index contributed by atoms with van der Waals surface area (Å²) in [5, 5.41) is 2.93. The fraction of sp³-hybridized carbons (Fsp3) is 0.300. The maximum Gasteiger partial charge on any atom is 0.285 e. The molecule has 2 aromatic rings. The Hall–Kier alpha value is -2.87. The molecule has 148 valence electrons. The number of nitrogens with zero attached hydrogens (tertiary/aromatic N) is 2. The molecule has 1 aliphatic rings. The Bertz CT molecular complexity index is 1050. The van der Waals surface area contributed by atoms with E-state index in [0.29, 0.717) is 11.3 Å². The van der Waals surface area contributed by atoms with Gasteiger partial charge in [-0.05, 0) is 32.0 Å². The maximum atomic E-state index is 12.6. The van der Waals surface area contributed by atoms with Gasteiger partial charge in [0.05, 0.1) is 19.7 Å². The van der Waals surface area contributed by atoms with Crippen LogP contribution in [0.1, 0.15) is 29.7 Å². The number of carbonyl (C=O) groups excluding carboxylic acids is 1. The zero-order chi connectivity index (χ0) is 20.5. The largest absolute Gasteiger partial charge is 0.496 e. The molecule has 0 aromatic heterocycles. The quantitative estimate of drug-likeness (QED) is 0.830. The molecule has 0 bridgehead atoms. The zero-order valence-corrected chi connectivity index (χ0v) is 17.1. The number of fused-ring (bicyclic) bond motifs is 1. The standard InChI is InChI=1S/C20H23N3O4S/c1-13-9-10-17(27-4)16(11-13)14(2)21-19(24)12-23(3)20-15-7-5-6-8-18(15)28(25,26)22-20/h5-11,14H,12H2,1-4H3,(H,21,24). The van der Waals surface area contributed by atoms with Gasteiger partial charge in [-0.3, -0.25) is 4.79 Å². The van der Waals surface area contributed by atoms with Crippen molar-refractivity contribution in [2.24, 2.45) is 4.40 Å². The number of likely N-dealkylation sites (N-methyl/N-ethyl adjacent to an activating group) is 1. The van der Waals surface area contributed by atoms with Crippen molar-refractivity contribution in [1.29, 1.82) is 0 Å². The van der Waals surface area contributed by atoms with Crippen LogP contribution >= 0.6 is 0 Å². The second kappa shape index (κ2) is 7.63. The number of sulfonamides is 1. The van der Waals surface area contributed by atoms with Crippen molar-refractivity contribution in [3.63, 3.8) is 0 Å². The monoisotopic (exact) mass is 401 g/mol. The first-order chi connectivity index (χ1) is 13.2. The van der Waals surface area contributed by atoms with E-state index < -0.39 is 10.0 Å². The second-order valence-corrected chi connectivity index (χ2v) is 8.35. The van der Waals surface area contributed by atoms with Crippen LogP contribution in [-0.2, 0) is 14.8 Å². The average molecular weight is 401 g/mol. The van der Waals surface area contributed by atoms with Crippen LogP contribution in [0.4, 0.5) is 0 Å². The number of ether oxygens (including phenoxy) is 1. The van der Waals surface area contributed by atoms with Gasteiger partial charge in [0.15, 0.2) is 5.84 Å². The Morgan fingerprint density at radius 3 is 2.68 bits per heavy atom. The number of benzene rings is 2. The van der Waals surface area contributed by atoms with Gasteiger partial charge in [-0.25, -0.2) is 0 Å². The first kappa shape index (κ1) is 19.9. The SMILES string of the molecule is COc1ccc(C)cc1C(C)NC(=O)CN(C)C1=NS(=O)(=O)c2ccccc21. The van der Waals surface area contributed by atoms with Gasteiger partial charge in [0.2, 0.25) is 5.91 Å². The molecule has 1 aliphatic heterocycles. The molecule has 0 saturated heterocycles. The van der Waals surface area contributed by atoms with E-state index in [9.17, 15) is 13.2 Å². The summed E-state index contributed by atoms with van der Waals surface area (Å²) in [4.78, 5) is 14.3. The summed E-state index contributed by atoms with van der Waals surface area (Å²) >= 11 is 0. The zero-order valence-electron chi connectivity index (χ0n) is 16.3. The van der Waals surface area contributed by atoms with E-state index in [0.717, 1.165) is 11.1 Å². The van der Waals surface area contributed by atoms with Gasteiger partial charge in [-0.2, -0.15) is 8.42 Å². The van der Waals surface area contributed by atoms with Crippen molar-refractivity contribution in [1.82, 2.24) is 10.2 Å². The number of hydrogen-bond donors (Lipinski definition) is 1. The Kier molecular flexibility index (Phi) is 5.42. The van der Waals surface area contributed by atoms with Crippen molar-refractivity contribution in [3.8, 4) is 5.75 Å². The lowest BCUT2D eigenvalue weighted by molar-refractivity contribution is -0.121. The number of amides is 1. The summed E-state index contributed by atoms with van der Waals surface area (Å²) in [6.45, 7) is 3.82. The lowest BCUT2D eigenvalue weighted by Gasteiger charge is -2.22. The lowest BCUT2D eigenvalue weighted by Crippen LogP contribution is -2.39. The number of aryl methyl sites for hydroxylation is 1. The third-order valence-electron chi connectivity index (χ3n) is 4.58. The van der Waals surface area contributed by atoms with E-state index in [4.69, 9.17) is 4.74 Å². The molecule has 0 fully saturated rings. The third-order valence-corrected chi connectivity index (χ3v) is 5.91. The van der Waals surface area contributed by atoms with Crippen LogP contribution < -0.4 is 10.1 Å². The third kappa shape index (κ3) is 3.87. The van der Waals surface area contributed by atoms with E-state index in [1.807, 2.05) is 32.0 Å². The minimum Gasteiger partial charge on any atom is -0.496 e. The van der Waals surface area contributed by atoms with E-state index in [-0.39, 0.29) is 29.2 Å². The maximum absolute atomic E-state index is 12.6. The number of methoxy groups -OCH3 is 1. The number of amidine groups is 1. The van der Waals surface area contributed by atoms with Gasteiger partial charge >= 0.3 is 0 Å². The van der Waals surface area contributed by atoms with Crippen molar-refractivity contribution >= 4 is 21.8 Å². The fourth-order valence-electron chi connectivity index (χ4n) is 3.21. The molecule has 0 aliphatic carbocycles. The highest BCUT2D eigenvalue weighted by Crippen LogP contribution is 2.28. The van der Waals surface area contributed by atoms with Gasteiger partial charge in [0.25, 0.3) is 10.0 Å². The molecule has 1 heterocycles. The molecule has 3 rings (SSSR count). The molecule has 1 N–H and O–H groups in total. The van der Waals surface area contributed by atoms with Crippen LogP contribution in [0.25, 0.3) is 0 Å². The Morgan fingerprint density at radius 2 is 1.96 bits per heavy atom. The van der Waals surface area contributed by atoms with Crippen molar-refractivity contribution in [2.45, 2.75) is 24.8 Å². The van der Waals surface area contributed by atoms with E-state index >= 15 is 0 Å². The molecule has 8 heteroatoms. The van der Waals surface area contributed by atoms with Crippen LogP contribution in [0.5, 0.6) is 5.75 Å². The van der Waals surface area contributed by atoms with Crippen LogP contribution in [0, 0.1) is 6.92 Å². The van der Waals surface area contributed by atoms with Gasteiger partial charge in [-0.15, -0.1) is 4.40 Å². The molecule has 0 spiro atoms. The number of hydrogen-bond acceptors (Lipinski definition) is 5. The van der Waals surface area contributed by atoms with Crippen LogP contribution in [0.15, 0.2) is 51.8 Å². The molecular weight excluding hydrogens is 378 g/mol. The Morgan fingerprint density at radius 1 is 1.25 bits per heavy atom. The first-order valence-electron chi connectivity index (χ1n) is 8.82. The van der Waals surface area contributed by atoms with E-state index in [1.165, 1.54) is 6.07 Å². The molecule has 28 heavy (non-hydrogen) atoms. The molecule has 7 nitrogen and oxygen atoms in total. The number of nitrogens with one attached hydrogen (secondary N) is 1. The van der Waals surface area contributed by atoms with E-state index in [1.54, 1.807) is 37.3 Å². The molecule has 1 amide bonds. The summed E-state index contributed by atoms with van der Waals surface area (Å²) < 4.78 is 33.6. The van der Waals surface area contributed by atoms with Gasteiger partial charge < -0.3 is 15.0 Å². The molecule has 2 aromatic carbocycles. The molecular formula is C20H23N3O4S. The van der Waals surface area contributed by atoms with Crippen molar-refractivity contribution < 1.29 is 17.9 Å². The Balaban J connectivity index is 1.73. The highest BCUT2D eigenvalue weighted by molar-refractivity contribution is 7.90. The predicted octanol–water partition coefficient (Wildman–Crippen LogP) is 2.26. The van der Waals surface area contributed by atoms with Gasteiger partial charge in [0, 0.05) is 18.2 Å². The second-order valence-electron chi connectivity index (χ2n) is 6.78. The summed E-state index contributed by atoms with van der Waals surface area (Å²) in [6.07, 6.45) is 0. The summed E-state index contributed by atoms with van der Waals surface area (Å²) in [6, 6.07) is 12.1. The fourth-order valence-corrected chi connectivity index (χ4v) is 4.46. The number of carbonyl (C=O) groups is 1. The highest BCUT2D eigenvalue weighted by Gasteiger charge is 2.31. The Labute approximate surface area is 165 Å². The highest BCUT2D eigenvalue weighted by atomic mass is 32.2. The molecule has 0 saturated carbocycles. The molecule has 1 unspecified atom stereocenters. The smallest absolute Gasteiger partial charge is 0.285 e. The van der Waals surface area contributed by atoms with Crippen LogP contribution in [0.2, 0.25) is 0 Å². The summed E-state index contributed by atoms with van der Waals surface area (Å²) in [5.74, 6) is 0.724. The normalized spacial score (nSPS) is 15.4. The minimum absolute atomic E-state index is 0.0266. The average Bonchev–Trinajstić information content (AvgIpc) is 2.93. The summed E-state index contributed by atoms with van der Waals surface area (Å²) in [7, 11) is -0.481. The predicted molar refractivity (Wildman–Crippen MR) is 107 cm³/mol. The molecule has 1 atom stereocenters. The first-order valence-corrected chi connectivity index (χ1v) is 10.3. The van der Waals surface area contributed by atoms with E-state index in [2.05, 4.69) is 9.71 Å². The van der Waals surface area contributed by atoms with Crippen molar-refractivity contribution in [3.05, 3.63) is 59.2 Å². The van der Waals surface area contributed by atoms with Gasteiger partial charge in [-0.1, -0.05) is 29.8 Å². The van der Waals surface area contributed by atoms with Crippen molar-refractivity contribution in [2.75, 3.05) is 20.7 Å². The lowest BCUT2D eigenvalue weighted by atomic mass is 10.0. The topological polar surface area (TPSA) is 88.1 Å². The summed E-state index contributed by atoms with van der Waals surface area (Å²) in [5.41, 5.74) is 2.45. The van der Waals surface area contributed by atoms with Gasteiger partial charge in [0.1, 0.15) is 10.6 Å². The van der Waals surface area contributed by atoms with Crippen LogP contribution in [-0.4, -0.2) is 45.8 Å². The van der Waals surface area contributed by atoms with Crippen LogP contribution in [0.3, 0.4) is 0 Å².